The summed E-state index contributed by atoms with van der Waals surface area (Å²) in [5.41, 5.74) is 18.0. The number of nitrogens with two attached hydrogens (primary N) is 3. The minimum atomic E-state index is -1.81. The monoisotopic (exact) mass is 1200 g/mol. The summed E-state index contributed by atoms with van der Waals surface area (Å²) < 4.78 is 0. The van der Waals surface area contributed by atoms with E-state index in [2.05, 4.69) is 52.8 Å². The zero-order valence-corrected chi connectivity index (χ0v) is 49.5. The molecule has 9 amide bonds. The number of amides is 9. The van der Waals surface area contributed by atoms with Crippen molar-refractivity contribution in [3.05, 3.63) is 65.7 Å². The second-order valence-electron chi connectivity index (χ2n) is 20.8. The van der Waals surface area contributed by atoms with E-state index in [0.717, 1.165) is 5.56 Å². The normalized spacial score (nSPS) is 15.4. The maximum atomic E-state index is 14.3. The van der Waals surface area contributed by atoms with Gasteiger partial charge in [0.2, 0.25) is 53.2 Å². The van der Waals surface area contributed by atoms with Crippen LogP contribution in [0.15, 0.2) is 59.6 Å². The van der Waals surface area contributed by atoms with Crippen molar-refractivity contribution in [3.8, 4) is 5.75 Å². The molecule has 84 heavy (non-hydrogen) atoms. The Morgan fingerprint density at radius 1 is 0.560 bits per heavy atom. The number of benzene rings is 2. The summed E-state index contributed by atoms with van der Waals surface area (Å²) in [6.45, 7) is 10.7. The lowest BCUT2D eigenvalue weighted by molar-refractivity contribution is -0.144. The average Bonchev–Trinajstić information content (AvgIpc) is 3.57. The SMILES string of the molecule is CC[C@H](C)[C@H](NC(=O)[C@@H](N)Cc1ccccc1)C(=O)N[C@@H](CCSC)C(=O)N[C@@H](C)C(=O)N[C@H](C(=O)N[C@@H](Cc1ccc(O)cc1)C(=O)N[C@@H](CC(C)C)C(=O)N[C@@H](C)C(=O)N[C@@H](CC(=O)O)C(=O)N[C@@H](CCCN=C(N)N)C(=O)O)[C@@H](C)O. The Labute approximate surface area is 492 Å². The van der Waals surface area contributed by atoms with E-state index < -0.39 is 138 Å². The number of aliphatic imine (C=N–C) groups is 1. The third-order valence-corrected chi connectivity index (χ3v) is 13.8. The number of carbonyl (C=O) groups is 11. The van der Waals surface area contributed by atoms with Crippen LogP contribution in [0.4, 0.5) is 0 Å². The van der Waals surface area contributed by atoms with E-state index in [1.54, 1.807) is 27.0 Å². The number of rotatable bonds is 37. The van der Waals surface area contributed by atoms with Gasteiger partial charge in [-0.1, -0.05) is 76.6 Å². The molecule has 0 heterocycles. The van der Waals surface area contributed by atoms with E-state index in [0.29, 0.717) is 17.7 Å². The van der Waals surface area contributed by atoms with E-state index in [-0.39, 0.29) is 68.6 Å². The second kappa shape index (κ2) is 36.5. The molecule has 0 aliphatic carbocycles. The number of carboxylic acids is 2. The summed E-state index contributed by atoms with van der Waals surface area (Å²) in [5, 5.41) is 62.4. The molecule has 29 heteroatoms. The highest BCUT2D eigenvalue weighted by molar-refractivity contribution is 7.98. The molecule has 0 aliphatic rings. The molecule has 0 bridgehead atoms. The average molecular weight is 1200 g/mol. The van der Waals surface area contributed by atoms with Crippen LogP contribution in [0.25, 0.3) is 0 Å². The first-order valence-electron chi connectivity index (χ1n) is 27.5. The maximum Gasteiger partial charge on any atom is 0.326 e. The number of hydrogen-bond acceptors (Lipinski definition) is 16. The highest BCUT2D eigenvalue weighted by Gasteiger charge is 2.37. The molecule has 2 rings (SSSR count). The number of carbonyl (C=O) groups excluding carboxylic acids is 9. The number of guanidine groups is 1. The van der Waals surface area contributed by atoms with E-state index in [1.807, 2.05) is 37.3 Å². The van der Waals surface area contributed by atoms with Crippen LogP contribution in [0, 0.1) is 11.8 Å². The van der Waals surface area contributed by atoms with E-state index in [1.165, 1.54) is 56.8 Å². The fraction of sp³-hybridized carbons (Fsp3) is 0.564. The van der Waals surface area contributed by atoms with Crippen molar-refractivity contribution in [3.63, 3.8) is 0 Å². The van der Waals surface area contributed by atoms with Gasteiger partial charge in [-0.15, -0.1) is 0 Å². The highest BCUT2D eigenvalue weighted by Crippen LogP contribution is 2.15. The number of phenolic OH excluding ortho intramolecular Hbond substituents is 1. The molecule has 0 saturated heterocycles. The number of nitrogens with zero attached hydrogens (tertiary/aromatic N) is 1. The Hall–Kier alpha value is -8.05. The van der Waals surface area contributed by atoms with Crippen molar-refractivity contribution in [1.82, 2.24) is 47.9 Å². The Balaban J connectivity index is 2.31. The number of aliphatic hydroxyl groups excluding tert-OH is 1. The number of hydrogen-bond donors (Lipinski definition) is 16. The Kier molecular flexibility index (Phi) is 31.3. The number of aliphatic hydroxyl groups is 1. The summed E-state index contributed by atoms with van der Waals surface area (Å²) >= 11 is 1.39. The van der Waals surface area contributed by atoms with Crippen LogP contribution in [-0.2, 0) is 65.6 Å². The minimum Gasteiger partial charge on any atom is -0.508 e. The third-order valence-electron chi connectivity index (χ3n) is 13.2. The molecule has 0 fully saturated rings. The molecule has 0 aromatic heterocycles. The van der Waals surface area contributed by atoms with Crippen molar-refractivity contribution in [2.45, 2.75) is 166 Å². The van der Waals surface area contributed by atoms with Gasteiger partial charge in [0, 0.05) is 13.0 Å². The molecule has 2 aromatic carbocycles. The predicted molar refractivity (Wildman–Crippen MR) is 312 cm³/mol. The molecule has 0 aliphatic heterocycles. The highest BCUT2D eigenvalue weighted by atomic mass is 32.2. The molecule has 0 unspecified atom stereocenters. The first-order chi connectivity index (χ1) is 39.5. The molecule has 19 N–H and O–H groups in total. The Morgan fingerprint density at radius 3 is 1.58 bits per heavy atom. The summed E-state index contributed by atoms with van der Waals surface area (Å²) in [7, 11) is 0. The summed E-state index contributed by atoms with van der Waals surface area (Å²) in [4.78, 5) is 151. The van der Waals surface area contributed by atoms with Gasteiger partial charge in [-0.05, 0) is 100.0 Å². The van der Waals surface area contributed by atoms with Crippen molar-refractivity contribution in [1.29, 1.82) is 0 Å². The largest absolute Gasteiger partial charge is 0.508 e. The lowest BCUT2D eigenvalue weighted by atomic mass is 9.96. The van der Waals surface area contributed by atoms with Gasteiger partial charge < -0.3 is 85.5 Å². The van der Waals surface area contributed by atoms with Gasteiger partial charge in [-0.3, -0.25) is 52.9 Å². The van der Waals surface area contributed by atoms with Gasteiger partial charge >= 0.3 is 11.9 Å². The fourth-order valence-electron chi connectivity index (χ4n) is 8.16. The van der Waals surface area contributed by atoms with Gasteiger partial charge in [0.15, 0.2) is 5.96 Å². The molecule has 0 radical (unpaired) electrons. The number of nitrogens with one attached hydrogen (secondary N) is 9. The molecule has 2 aromatic rings. The van der Waals surface area contributed by atoms with E-state index in [9.17, 15) is 73.2 Å². The third kappa shape index (κ3) is 26.0. The minimum absolute atomic E-state index is 0.0258. The van der Waals surface area contributed by atoms with Gasteiger partial charge in [-0.2, -0.15) is 11.8 Å². The van der Waals surface area contributed by atoms with Crippen molar-refractivity contribution >= 4 is 82.8 Å². The van der Waals surface area contributed by atoms with Crippen LogP contribution < -0.4 is 65.1 Å². The molecule has 466 valence electrons. The van der Waals surface area contributed by atoms with Crippen LogP contribution in [0.1, 0.15) is 98.1 Å². The van der Waals surface area contributed by atoms with Crippen LogP contribution in [0.2, 0.25) is 0 Å². The summed E-state index contributed by atoms with van der Waals surface area (Å²) in [6.07, 6.45) is -0.408. The lowest BCUT2D eigenvalue weighted by Crippen LogP contribution is -2.62. The van der Waals surface area contributed by atoms with E-state index in [4.69, 9.17) is 17.2 Å². The molecule has 28 nitrogen and oxygen atoms in total. The zero-order valence-electron chi connectivity index (χ0n) is 48.6. The Morgan fingerprint density at radius 2 is 1.05 bits per heavy atom. The van der Waals surface area contributed by atoms with Gasteiger partial charge in [-0.25, -0.2) is 4.79 Å². The maximum absolute atomic E-state index is 14.3. The summed E-state index contributed by atoms with van der Waals surface area (Å²) in [5.74, 6) is -11.8. The smallest absolute Gasteiger partial charge is 0.326 e. The van der Waals surface area contributed by atoms with Crippen LogP contribution >= 0.6 is 11.8 Å². The number of carboxylic acid groups (broad SMARTS) is 2. The number of aliphatic carboxylic acids is 2. The lowest BCUT2D eigenvalue weighted by Gasteiger charge is -2.29. The Bertz CT molecular complexity index is 2570. The van der Waals surface area contributed by atoms with Crippen molar-refractivity contribution in [2.75, 3.05) is 18.6 Å². The number of aromatic hydroxyl groups is 1. The molecule has 0 saturated carbocycles. The molecular formula is C55H85N13O15S. The molecule has 0 spiro atoms. The predicted octanol–water partition coefficient (Wildman–Crippen LogP) is -2.25. The zero-order chi connectivity index (χ0) is 63.4. The number of thioether (sulfide) groups is 1. The fourth-order valence-corrected chi connectivity index (χ4v) is 8.63. The van der Waals surface area contributed by atoms with Crippen molar-refractivity contribution < 1.29 is 73.2 Å². The summed E-state index contributed by atoms with van der Waals surface area (Å²) in [6, 6.07) is 0.408. The van der Waals surface area contributed by atoms with Crippen LogP contribution in [0.5, 0.6) is 5.75 Å². The quantitative estimate of drug-likeness (QED) is 0.0193. The second-order valence-corrected chi connectivity index (χ2v) is 21.8. The van der Waals surface area contributed by atoms with Gasteiger partial charge in [0.25, 0.3) is 0 Å². The first kappa shape index (κ1) is 72.1. The van der Waals surface area contributed by atoms with Gasteiger partial charge in [0.05, 0.1) is 18.6 Å². The van der Waals surface area contributed by atoms with Gasteiger partial charge in [0.1, 0.15) is 60.1 Å². The van der Waals surface area contributed by atoms with Crippen molar-refractivity contribution in [2.24, 2.45) is 34.0 Å². The molecule has 12 atom stereocenters. The topological polar surface area (TPSA) is 467 Å². The standard InChI is InChI=1S/C55H85N13O15S/c1-9-29(4)43(67-47(75)36(56)25-33-14-11-10-12-15-33)52(80)62-37(21-23-84-8)48(76)60-31(6)46(74)68-44(32(7)69)53(81)66-40(26-34-17-19-35(70)20-18-34)50(78)65-39(24-28(2)3)49(77)61-30(5)45(73)64-41(27-42(71)72)51(79)63-38(54(82)83)16-13-22-59-55(57)58/h10-12,14-15,17-20,28-32,36-41,43-44,69-70H,9,13,16,21-27,56H2,1-8H3,(H,60,76)(H,61,77)(H,62,80)(H,63,79)(H,64,73)(H,65,78)(H,66,81)(H,67,75)(H,68,74)(H,71,72)(H,82,83)(H4,57,58,59)/t29-,30-,31-,32+,36-,37-,38-,39-,40-,41-,43-,44-/m0/s1. The van der Waals surface area contributed by atoms with Crippen LogP contribution in [0.3, 0.4) is 0 Å². The van der Waals surface area contributed by atoms with Crippen LogP contribution in [-0.4, -0.2) is 177 Å². The number of phenols is 1. The van der Waals surface area contributed by atoms with E-state index >= 15 is 0 Å². The first-order valence-corrected chi connectivity index (χ1v) is 28.8. The molecular weight excluding hydrogens is 1110 g/mol.